The van der Waals surface area contributed by atoms with Gasteiger partial charge in [0.15, 0.2) is 0 Å². The number of hydrogen-bond donors (Lipinski definition) is 2. The summed E-state index contributed by atoms with van der Waals surface area (Å²) in [5, 5.41) is 0.0607. The van der Waals surface area contributed by atoms with E-state index in [0.29, 0.717) is 0 Å². The van der Waals surface area contributed by atoms with Crippen molar-refractivity contribution in [3.63, 3.8) is 0 Å². The van der Waals surface area contributed by atoms with E-state index >= 15 is 0 Å². The standard InChI is InChI=1S/C12H11ClN2O2S/c13-9-6-10(14)11(15)7-12(9)18(16,17)8-4-2-1-3-5-8/h1-7H,14-15H2. The van der Waals surface area contributed by atoms with E-state index in [-0.39, 0.29) is 26.2 Å². The number of rotatable bonds is 2. The van der Waals surface area contributed by atoms with Gasteiger partial charge in [0.05, 0.1) is 26.2 Å². The zero-order valence-corrected chi connectivity index (χ0v) is 10.9. The van der Waals surface area contributed by atoms with Crippen molar-refractivity contribution in [2.75, 3.05) is 11.5 Å². The molecule has 0 aliphatic rings. The molecule has 2 aromatic rings. The molecule has 0 atom stereocenters. The summed E-state index contributed by atoms with van der Waals surface area (Å²) >= 11 is 5.92. The highest BCUT2D eigenvalue weighted by Crippen LogP contribution is 2.32. The molecule has 94 valence electrons. The Kier molecular flexibility index (Phi) is 3.19. The molecule has 0 spiro atoms. The Labute approximate surface area is 110 Å². The second kappa shape index (κ2) is 4.51. The maximum Gasteiger partial charge on any atom is 0.208 e. The molecule has 0 bridgehead atoms. The van der Waals surface area contributed by atoms with E-state index in [1.807, 2.05) is 0 Å². The summed E-state index contributed by atoms with van der Waals surface area (Å²) in [6.07, 6.45) is 0. The lowest BCUT2D eigenvalue weighted by molar-refractivity contribution is 0.596. The largest absolute Gasteiger partial charge is 0.397 e. The van der Waals surface area contributed by atoms with Gasteiger partial charge < -0.3 is 11.5 Å². The zero-order chi connectivity index (χ0) is 13.3. The average Bonchev–Trinajstić information content (AvgIpc) is 2.34. The van der Waals surface area contributed by atoms with E-state index < -0.39 is 9.84 Å². The van der Waals surface area contributed by atoms with Crippen LogP contribution in [0.25, 0.3) is 0 Å². The average molecular weight is 283 g/mol. The van der Waals surface area contributed by atoms with Crippen LogP contribution in [0.5, 0.6) is 0 Å². The molecule has 18 heavy (non-hydrogen) atoms. The predicted octanol–water partition coefficient (Wildman–Crippen LogP) is 2.34. The summed E-state index contributed by atoms with van der Waals surface area (Å²) in [5.41, 5.74) is 11.6. The number of hydrogen-bond acceptors (Lipinski definition) is 4. The van der Waals surface area contributed by atoms with Crippen molar-refractivity contribution < 1.29 is 8.42 Å². The molecule has 0 radical (unpaired) electrons. The molecule has 0 aliphatic heterocycles. The van der Waals surface area contributed by atoms with Gasteiger partial charge in [-0.25, -0.2) is 8.42 Å². The topological polar surface area (TPSA) is 86.2 Å². The van der Waals surface area contributed by atoms with E-state index in [2.05, 4.69) is 0 Å². The van der Waals surface area contributed by atoms with Crippen LogP contribution in [0.3, 0.4) is 0 Å². The monoisotopic (exact) mass is 282 g/mol. The van der Waals surface area contributed by atoms with Gasteiger partial charge in [-0.1, -0.05) is 29.8 Å². The van der Waals surface area contributed by atoms with Crippen molar-refractivity contribution in [1.82, 2.24) is 0 Å². The van der Waals surface area contributed by atoms with Gasteiger partial charge in [0, 0.05) is 0 Å². The first-order valence-electron chi connectivity index (χ1n) is 5.07. The lowest BCUT2D eigenvalue weighted by Gasteiger charge is -2.09. The first-order chi connectivity index (χ1) is 8.43. The number of nitrogens with two attached hydrogens (primary N) is 2. The van der Waals surface area contributed by atoms with Crippen molar-refractivity contribution in [2.45, 2.75) is 9.79 Å². The molecule has 0 heterocycles. The van der Waals surface area contributed by atoms with Gasteiger partial charge in [-0.3, -0.25) is 0 Å². The minimum Gasteiger partial charge on any atom is -0.397 e. The molecule has 2 aromatic carbocycles. The molecular formula is C12H11ClN2O2S. The van der Waals surface area contributed by atoms with Gasteiger partial charge >= 0.3 is 0 Å². The van der Waals surface area contributed by atoms with E-state index in [0.717, 1.165) is 0 Å². The van der Waals surface area contributed by atoms with Crippen LogP contribution in [0.2, 0.25) is 5.02 Å². The molecule has 0 aromatic heterocycles. The number of nitrogen functional groups attached to an aromatic ring is 2. The molecule has 0 aliphatic carbocycles. The number of benzene rings is 2. The first kappa shape index (κ1) is 12.7. The lowest BCUT2D eigenvalue weighted by atomic mass is 10.3. The van der Waals surface area contributed by atoms with Crippen molar-refractivity contribution in [1.29, 1.82) is 0 Å². The van der Waals surface area contributed by atoms with Crippen LogP contribution in [0, 0.1) is 0 Å². The van der Waals surface area contributed by atoms with E-state index in [9.17, 15) is 8.42 Å². The summed E-state index contributed by atoms with van der Waals surface area (Å²) in [6, 6.07) is 10.6. The van der Waals surface area contributed by atoms with Crippen LogP contribution >= 0.6 is 11.6 Å². The number of anilines is 2. The van der Waals surface area contributed by atoms with Gasteiger partial charge in [-0.15, -0.1) is 0 Å². The summed E-state index contributed by atoms with van der Waals surface area (Å²) in [4.78, 5) is 0.123. The van der Waals surface area contributed by atoms with Crippen molar-refractivity contribution in [2.24, 2.45) is 0 Å². The van der Waals surface area contributed by atoms with E-state index in [4.69, 9.17) is 23.1 Å². The minimum atomic E-state index is -3.68. The third-order valence-corrected chi connectivity index (χ3v) is 4.71. The molecule has 4 nitrogen and oxygen atoms in total. The Morgan fingerprint density at radius 3 is 2.11 bits per heavy atom. The Hall–Kier alpha value is -1.72. The van der Waals surface area contributed by atoms with Crippen LogP contribution in [-0.2, 0) is 9.84 Å². The van der Waals surface area contributed by atoms with Gasteiger partial charge in [0.1, 0.15) is 0 Å². The van der Waals surface area contributed by atoms with E-state index in [1.54, 1.807) is 18.2 Å². The zero-order valence-electron chi connectivity index (χ0n) is 9.30. The Balaban J connectivity index is 2.66. The van der Waals surface area contributed by atoms with Crippen LogP contribution < -0.4 is 11.5 Å². The SMILES string of the molecule is Nc1cc(Cl)c(S(=O)(=O)c2ccccc2)cc1N. The molecule has 0 fully saturated rings. The fourth-order valence-corrected chi connectivity index (χ4v) is 3.36. The van der Waals surface area contributed by atoms with Crippen LogP contribution in [0.4, 0.5) is 11.4 Å². The molecule has 0 amide bonds. The van der Waals surface area contributed by atoms with Crippen molar-refractivity contribution >= 4 is 32.8 Å². The van der Waals surface area contributed by atoms with Crippen molar-refractivity contribution in [3.8, 4) is 0 Å². The smallest absolute Gasteiger partial charge is 0.208 e. The Morgan fingerprint density at radius 1 is 0.944 bits per heavy atom. The summed E-state index contributed by atoms with van der Waals surface area (Å²) in [7, 11) is -3.68. The maximum atomic E-state index is 12.3. The van der Waals surface area contributed by atoms with Crippen LogP contribution in [0.15, 0.2) is 52.3 Å². The third-order valence-electron chi connectivity index (χ3n) is 2.48. The van der Waals surface area contributed by atoms with Crippen LogP contribution in [0.1, 0.15) is 0 Å². The van der Waals surface area contributed by atoms with Gasteiger partial charge in [0.25, 0.3) is 0 Å². The Morgan fingerprint density at radius 2 is 1.50 bits per heavy atom. The molecule has 6 heteroatoms. The quantitative estimate of drug-likeness (QED) is 0.828. The summed E-state index contributed by atoms with van der Waals surface area (Å²) < 4.78 is 24.7. The number of halogens is 1. The molecule has 2 rings (SSSR count). The molecular weight excluding hydrogens is 272 g/mol. The normalized spacial score (nSPS) is 11.4. The second-order valence-electron chi connectivity index (χ2n) is 3.73. The fourth-order valence-electron chi connectivity index (χ4n) is 1.52. The molecule has 0 unspecified atom stereocenters. The lowest BCUT2D eigenvalue weighted by Crippen LogP contribution is -2.05. The highest BCUT2D eigenvalue weighted by molar-refractivity contribution is 7.91. The van der Waals surface area contributed by atoms with Gasteiger partial charge in [-0.05, 0) is 24.3 Å². The van der Waals surface area contributed by atoms with Crippen molar-refractivity contribution in [3.05, 3.63) is 47.5 Å². The van der Waals surface area contributed by atoms with Gasteiger partial charge in [0.2, 0.25) is 9.84 Å². The fraction of sp³-hybridized carbons (Fsp3) is 0. The number of sulfone groups is 1. The van der Waals surface area contributed by atoms with E-state index in [1.165, 1.54) is 24.3 Å². The highest BCUT2D eigenvalue weighted by atomic mass is 35.5. The predicted molar refractivity (Wildman–Crippen MR) is 72.2 cm³/mol. The minimum absolute atomic E-state index is 0.0398. The van der Waals surface area contributed by atoms with Crippen LogP contribution in [-0.4, -0.2) is 8.42 Å². The summed E-state index contributed by atoms with van der Waals surface area (Å²) in [5.74, 6) is 0. The maximum absolute atomic E-state index is 12.3. The van der Waals surface area contributed by atoms with Gasteiger partial charge in [-0.2, -0.15) is 0 Å². The second-order valence-corrected chi connectivity index (χ2v) is 6.05. The molecule has 4 N–H and O–H groups in total. The highest BCUT2D eigenvalue weighted by Gasteiger charge is 2.21. The summed E-state index contributed by atoms with van der Waals surface area (Å²) in [6.45, 7) is 0. The first-order valence-corrected chi connectivity index (χ1v) is 6.93. The molecule has 0 saturated carbocycles. The Bertz CT molecular complexity index is 685. The third kappa shape index (κ3) is 2.14. The molecule has 0 saturated heterocycles.